The number of rotatable bonds is 0. The van der Waals surface area contributed by atoms with Crippen LogP contribution in [0.3, 0.4) is 0 Å². The fourth-order valence-corrected chi connectivity index (χ4v) is 2.38. The van der Waals surface area contributed by atoms with Gasteiger partial charge in [-0.2, -0.15) is 0 Å². The van der Waals surface area contributed by atoms with Gasteiger partial charge in [-0.15, -0.1) is 11.8 Å². The first-order chi connectivity index (χ1) is 4.38. The lowest BCUT2D eigenvalue weighted by molar-refractivity contribution is 0.219. The number of nitrogens with zero attached hydrogens (tertiary/aromatic N) is 1. The van der Waals surface area contributed by atoms with Crippen molar-refractivity contribution in [1.29, 1.82) is 0 Å². The van der Waals surface area contributed by atoms with Gasteiger partial charge in [0.1, 0.15) is 0 Å². The molecule has 4 heteroatoms. The minimum atomic E-state index is 0.116. The molecule has 0 aliphatic carbocycles. The van der Waals surface area contributed by atoms with Gasteiger partial charge >= 0.3 is 6.03 Å². The lowest BCUT2D eigenvalue weighted by Gasteiger charge is -2.09. The van der Waals surface area contributed by atoms with Crippen LogP contribution in [0.1, 0.15) is 0 Å². The van der Waals surface area contributed by atoms with Crippen LogP contribution >= 0.6 is 11.8 Å². The smallest absolute Gasteiger partial charge is 0.318 e. The summed E-state index contributed by atoms with van der Waals surface area (Å²) in [5.41, 5.74) is 0. The number of urea groups is 1. The molecule has 2 aliphatic rings. The maximum atomic E-state index is 10.9. The summed E-state index contributed by atoms with van der Waals surface area (Å²) in [6.07, 6.45) is 0. The molecule has 2 saturated heterocycles. The third kappa shape index (κ3) is 0.694. The van der Waals surface area contributed by atoms with E-state index in [2.05, 4.69) is 5.32 Å². The van der Waals surface area contributed by atoms with E-state index in [-0.39, 0.29) is 6.03 Å². The third-order valence-electron chi connectivity index (χ3n) is 1.73. The van der Waals surface area contributed by atoms with E-state index in [1.54, 1.807) is 0 Å². The predicted octanol–water partition coefficient (Wildman–Crippen LogP) is 0.0845. The largest absolute Gasteiger partial charge is 0.336 e. The van der Waals surface area contributed by atoms with Gasteiger partial charge in [-0.3, -0.25) is 0 Å². The van der Waals surface area contributed by atoms with Crippen LogP contribution < -0.4 is 5.32 Å². The molecule has 0 aromatic rings. The van der Waals surface area contributed by atoms with Gasteiger partial charge in [0.15, 0.2) is 0 Å². The molecule has 0 bridgehead atoms. The Bertz CT molecular complexity index is 150. The molecule has 9 heavy (non-hydrogen) atoms. The maximum Gasteiger partial charge on any atom is 0.318 e. The summed E-state index contributed by atoms with van der Waals surface area (Å²) >= 11 is 1.83. The molecule has 2 heterocycles. The van der Waals surface area contributed by atoms with Crippen molar-refractivity contribution in [1.82, 2.24) is 10.2 Å². The molecule has 0 spiro atoms. The Morgan fingerprint density at radius 3 is 3.44 bits per heavy atom. The van der Waals surface area contributed by atoms with E-state index in [0.717, 1.165) is 18.2 Å². The SMILES string of the molecule is O=C1NC[C@@H]2CSCN12. The van der Waals surface area contributed by atoms with Crippen LogP contribution in [-0.4, -0.2) is 35.1 Å². The number of fused-ring (bicyclic) bond motifs is 1. The zero-order valence-corrected chi connectivity index (χ0v) is 5.78. The zero-order valence-electron chi connectivity index (χ0n) is 4.96. The average Bonchev–Trinajstić information content (AvgIpc) is 2.35. The number of nitrogens with one attached hydrogen (secondary N) is 1. The number of hydrogen-bond donors (Lipinski definition) is 1. The molecule has 0 saturated carbocycles. The van der Waals surface area contributed by atoms with Crippen molar-refractivity contribution in [2.45, 2.75) is 6.04 Å². The van der Waals surface area contributed by atoms with E-state index >= 15 is 0 Å². The molecule has 3 nitrogen and oxygen atoms in total. The molecule has 50 valence electrons. The minimum absolute atomic E-state index is 0.116. The van der Waals surface area contributed by atoms with Crippen molar-refractivity contribution in [2.24, 2.45) is 0 Å². The first-order valence-corrected chi connectivity index (χ1v) is 4.15. The Labute approximate surface area is 57.8 Å². The van der Waals surface area contributed by atoms with E-state index in [1.807, 2.05) is 16.7 Å². The second-order valence-corrected chi connectivity index (χ2v) is 3.31. The van der Waals surface area contributed by atoms with E-state index in [9.17, 15) is 4.79 Å². The number of carbonyl (C=O) groups is 1. The standard InChI is InChI=1S/C5H8N2OS/c8-5-6-1-4-2-9-3-7(4)5/h4H,1-3H2,(H,6,8)/t4-/m1/s1. The van der Waals surface area contributed by atoms with Gasteiger partial charge in [-0.25, -0.2) is 4.79 Å². The minimum Gasteiger partial charge on any atom is -0.336 e. The van der Waals surface area contributed by atoms with Gasteiger partial charge < -0.3 is 10.2 Å². The van der Waals surface area contributed by atoms with Crippen LogP contribution in [0.15, 0.2) is 0 Å². The molecule has 2 fully saturated rings. The molecular formula is C5H8N2OS. The Hall–Kier alpha value is -0.380. The summed E-state index contributed by atoms with van der Waals surface area (Å²) < 4.78 is 0. The highest BCUT2D eigenvalue weighted by molar-refractivity contribution is 7.99. The van der Waals surface area contributed by atoms with E-state index < -0.39 is 0 Å². The Balaban J connectivity index is 2.15. The highest BCUT2D eigenvalue weighted by Crippen LogP contribution is 2.22. The fraction of sp³-hybridized carbons (Fsp3) is 0.800. The summed E-state index contributed by atoms with van der Waals surface area (Å²) in [5.74, 6) is 2.00. The molecule has 0 unspecified atom stereocenters. The van der Waals surface area contributed by atoms with Gasteiger partial charge in [-0.05, 0) is 0 Å². The first-order valence-electron chi connectivity index (χ1n) is 3.00. The van der Waals surface area contributed by atoms with Crippen molar-refractivity contribution in [3.63, 3.8) is 0 Å². The second-order valence-electron chi connectivity index (χ2n) is 2.31. The highest BCUT2D eigenvalue weighted by atomic mass is 32.2. The number of thioether (sulfide) groups is 1. The van der Waals surface area contributed by atoms with Crippen molar-refractivity contribution >= 4 is 17.8 Å². The third-order valence-corrected chi connectivity index (χ3v) is 2.81. The number of hydrogen-bond acceptors (Lipinski definition) is 2. The van der Waals surface area contributed by atoms with E-state index in [4.69, 9.17) is 0 Å². The quantitative estimate of drug-likeness (QED) is 0.522. The molecule has 0 aromatic carbocycles. The van der Waals surface area contributed by atoms with Crippen molar-refractivity contribution < 1.29 is 4.79 Å². The molecular weight excluding hydrogens is 136 g/mol. The van der Waals surface area contributed by atoms with Crippen LogP contribution in [-0.2, 0) is 0 Å². The highest BCUT2D eigenvalue weighted by Gasteiger charge is 2.34. The van der Waals surface area contributed by atoms with E-state index in [1.165, 1.54) is 0 Å². The van der Waals surface area contributed by atoms with Crippen LogP contribution in [0.5, 0.6) is 0 Å². The zero-order chi connectivity index (χ0) is 6.27. The predicted molar refractivity (Wildman–Crippen MR) is 36.4 cm³/mol. The first kappa shape index (κ1) is 5.41. The molecule has 2 rings (SSSR count). The summed E-state index contributed by atoms with van der Waals surface area (Å²) in [6.45, 7) is 0.853. The fourth-order valence-electron chi connectivity index (χ4n) is 1.18. The molecule has 1 atom stereocenters. The summed E-state index contributed by atoms with van der Waals surface area (Å²) in [6, 6.07) is 0.604. The van der Waals surface area contributed by atoms with Gasteiger partial charge in [-0.1, -0.05) is 0 Å². The summed E-state index contributed by atoms with van der Waals surface area (Å²) in [7, 11) is 0. The van der Waals surface area contributed by atoms with Gasteiger partial charge in [0.05, 0.1) is 11.9 Å². The van der Waals surface area contributed by atoms with Crippen LogP contribution in [0.25, 0.3) is 0 Å². The topological polar surface area (TPSA) is 32.3 Å². The van der Waals surface area contributed by atoms with Crippen LogP contribution in [0.2, 0.25) is 0 Å². The van der Waals surface area contributed by atoms with Gasteiger partial charge in [0.25, 0.3) is 0 Å². The summed E-state index contributed by atoms with van der Waals surface area (Å²) in [4.78, 5) is 12.8. The average molecular weight is 144 g/mol. The number of amides is 2. The van der Waals surface area contributed by atoms with Gasteiger partial charge in [0, 0.05) is 12.3 Å². The lowest BCUT2D eigenvalue weighted by atomic mass is 10.3. The normalized spacial score (nSPS) is 32.7. The van der Waals surface area contributed by atoms with E-state index in [0.29, 0.717) is 6.04 Å². The second kappa shape index (κ2) is 1.80. The van der Waals surface area contributed by atoms with Crippen molar-refractivity contribution in [2.75, 3.05) is 18.2 Å². The molecule has 2 amide bonds. The molecule has 0 aromatic heterocycles. The molecule has 2 aliphatic heterocycles. The molecule has 1 N–H and O–H groups in total. The van der Waals surface area contributed by atoms with Crippen molar-refractivity contribution in [3.05, 3.63) is 0 Å². The van der Waals surface area contributed by atoms with Crippen molar-refractivity contribution in [3.8, 4) is 0 Å². The van der Waals surface area contributed by atoms with Gasteiger partial charge in [0.2, 0.25) is 0 Å². The van der Waals surface area contributed by atoms with Crippen LogP contribution in [0.4, 0.5) is 4.79 Å². The monoisotopic (exact) mass is 144 g/mol. The lowest BCUT2D eigenvalue weighted by Crippen LogP contribution is -2.29. The maximum absolute atomic E-state index is 10.9. The molecule has 0 radical (unpaired) electrons. The Kier molecular flexibility index (Phi) is 1.08. The number of carbonyl (C=O) groups excluding carboxylic acids is 1. The van der Waals surface area contributed by atoms with Crippen LogP contribution in [0, 0.1) is 0 Å². The summed E-state index contributed by atoms with van der Waals surface area (Å²) in [5, 5.41) is 2.80. The Morgan fingerprint density at radius 1 is 1.78 bits per heavy atom. The Morgan fingerprint density at radius 2 is 2.67 bits per heavy atom.